The molecule has 0 aromatic rings. The van der Waals surface area contributed by atoms with Crippen LogP contribution in [0.4, 0.5) is 0 Å². The van der Waals surface area contributed by atoms with Gasteiger partial charge in [-0.3, -0.25) is 0 Å². The van der Waals surface area contributed by atoms with E-state index in [-0.39, 0.29) is 7.43 Å². The maximum atomic E-state index is 8.25. The van der Waals surface area contributed by atoms with Crippen molar-refractivity contribution in [3.05, 3.63) is 7.43 Å². The standard InChI is InChI=1S/2CH4O.CH3.O.Ti/c2*1-2;;;/h2*2H,1H3;1H3;;/q;;-1;;+1. The molecule has 0 rings (SSSR count). The molecule has 0 aliphatic carbocycles. The molecule has 0 aromatic carbocycles. The number of aliphatic hydroxyl groups is 2. The molecule has 0 aliphatic heterocycles. The molecule has 0 unspecified atom stereocenters. The first kappa shape index (κ1) is 26.1. The SMILES string of the molecule is CO.CO.[CH3-].[O]=[Ti+]. The van der Waals surface area contributed by atoms with Gasteiger partial charge in [-0.15, -0.1) is 0 Å². The van der Waals surface area contributed by atoms with Crippen LogP contribution in [0.1, 0.15) is 0 Å². The molecule has 0 saturated heterocycles. The summed E-state index contributed by atoms with van der Waals surface area (Å²) in [5, 5.41) is 14.0. The molecule has 0 saturated carbocycles. The van der Waals surface area contributed by atoms with Crippen LogP contribution in [-0.2, 0) is 23.7 Å². The zero-order chi connectivity index (χ0) is 6.00. The molecule has 0 aliphatic rings. The Morgan fingerprint density at radius 1 is 1.00 bits per heavy atom. The molecule has 3 nitrogen and oxygen atoms in total. The summed E-state index contributed by atoms with van der Waals surface area (Å²) in [6.45, 7) is 0. The predicted molar refractivity (Wildman–Crippen MR) is 23.4 cm³/mol. The van der Waals surface area contributed by atoms with E-state index in [1.165, 1.54) is 0 Å². The summed E-state index contributed by atoms with van der Waals surface area (Å²) in [6, 6.07) is 0. The molecule has 0 amide bonds. The van der Waals surface area contributed by atoms with E-state index in [9.17, 15) is 0 Å². The van der Waals surface area contributed by atoms with Gasteiger partial charge < -0.3 is 17.6 Å². The van der Waals surface area contributed by atoms with E-state index in [0.717, 1.165) is 34.6 Å². The summed E-state index contributed by atoms with van der Waals surface area (Å²) in [5.41, 5.74) is 0. The molecule has 0 radical (unpaired) electrons. The van der Waals surface area contributed by atoms with Gasteiger partial charge in [-0.05, 0) is 0 Å². The fraction of sp³-hybridized carbons (Fsp3) is 0.667. The number of aliphatic hydroxyl groups excluding tert-OH is 2. The molecule has 0 atom stereocenters. The Kier molecular flexibility index (Phi) is 3760. The van der Waals surface area contributed by atoms with Crippen LogP contribution in [0.3, 0.4) is 0 Å². The molecule has 0 bridgehead atoms. The first-order chi connectivity index (χ1) is 3.00. The van der Waals surface area contributed by atoms with E-state index in [1.807, 2.05) is 0 Å². The molecule has 45 valence electrons. The topological polar surface area (TPSA) is 57.5 Å². The molecule has 4 heteroatoms. The second-order valence-corrected chi connectivity index (χ2v) is 0. The van der Waals surface area contributed by atoms with Gasteiger partial charge in [0.05, 0.1) is 0 Å². The van der Waals surface area contributed by atoms with Crippen LogP contribution in [0.5, 0.6) is 0 Å². The van der Waals surface area contributed by atoms with Crippen LogP contribution < -0.4 is 0 Å². The van der Waals surface area contributed by atoms with Crippen molar-refractivity contribution in [2.45, 2.75) is 0 Å². The molecular weight excluding hydrogens is 132 g/mol. The summed E-state index contributed by atoms with van der Waals surface area (Å²) in [4.78, 5) is 0. The minimum atomic E-state index is 0. The first-order valence-electron chi connectivity index (χ1n) is 1.10. The van der Waals surface area contributed by atoms with Gasteiger partial charge in [0.2, 0.25) is 0 Å². The zero-order valence-electron chi connectivity index (χ0n) is 4.80. The second kappa shape index (κ2) is 1010. The van der Waals surface area contributed by atoms with Gasteiger partial charge in [0.15, 0.2) is 0 Å². The van der Waals surface area contributed by atoms with E-state index < -0.39 is 0 Å². The Hall–Kier alpha value is 0.434. The zero-order valence-corrected chi connectivity index (χ0v) is 6.36. The summed E-state index contributed by atoms with van der Waals surface area (Å²) in [7, 11) is 2.00. The van der Waals surface area contributed by atoms with Gasteiger partial charge >= 0.3 is 23.7 Å². The Balaban J connectivity index is -0.00000000900. The quantitative estimate of drug-likeness (QED) is 0.356. The van der Waals surface area contributed by atoms with E-state index in [4.69, 9.17) is 13.5 Å². The second-order valence-electron chi connectivity index (χ2n) is 0. The van der Waals surface area contributed by atoms with Crippen LogP contribution in [0, 0.1) is 7.43 Å². The minimum absolute atomic E-state index is 0. The van der Waals surface area contributed by atoms with E-state index in [1.54, 1.807) is 0 Å². The van der Waals surface area contributed by atoms with Crippen molar-refractivity contribution in [2.75, 3.05) is 14.2 Å². The third kappa shape index (κ3) is 671. The Morgan fingerprint density at radius 3 is 1.00 bits per heavy atom. The summed E-state index contributed by atoms with van der Waals surface area (Å²) >= 11 is 0.750. The first-order valence-corrected chi connectivity index (χ1v) is 1.74. The Labute approximate surface area is 56.1 Å². The van der Waals surface area contributed by atoms with E-state index >= 15 is 0 Å². The fourth-order valence-corrected chi connectivity index (χ4v) is 0. The van der Waals surface area contributed by atoms with Crippen LogP contribution >= 0.6 is 0 Å². The third-order valence-electron chi connectivity index (χ3n) is 0. The summed E-state index contributed by atoms with van der Waals surface area (Å²) < 4.78 is 8.25. The van der Waals surface area contributed by atoms with Gasteiger partial charge in [0.25, 0.3) is 0 Å². The third-order valence-corrected chi connectivity index (χ3v) is 0. The average molecular weight is 143 g/mol. The van der Waals surface area contributed by atoms with Crippen molar-refractivity contribution in [3.8, 4) is 0 Å². The van der Waals surface area contributed by atoms with Crippen LogP contribution in [-0.4, -0.2) is 24.4 Å². The molecule has 2 N–H and O–H groups in total. The van der Waals surface area contributed by atoms with Crippen molar-refractivity contribution in [2.24, 2.45) is 0 Å². The molecular formula is C3H11O3Ti. The molecule has 7 heavy (non-hydrogen) atoms. The number of hydrogen-bond donors (Lipinski definition) is 2. The van der Waals surface area contributed by atoms with Gasteiger partial charge in [-0.25, -0.2) is 0 Å². The van der Waals surface area contributed by atoms with E-state index in [2.05, 4.69) is 0 Å². The van der Waals surface area contributed by atoms with Gasteiger partial charge in [0, 0.05) is 14.2 Å². The van der Waals surface area contributed by atoms with Crippen molar-refractivity contribution < 1.29 is 33.9 Å². The Bertz CT molecular complexity index is 10.1. The van der Waals surface area contributed by atoms with Crippen LogP contribution in [0.2, 0.25) is 0 Å². The van der Waals surface area contributed by atoms with Crippen molar-refractivity contribution in [1.29, 1.82) is 0 Å². The van der Waals surface area contributed by atoms with Crippen molar-refractivity contribution in [1.82, 2.24) is 0 Å². The molecule has 0 fully saturated rings. The number of hydrogen-bond acceptors (Lipinski definition) is 3. The monoisotopic (exact) mass is 143 g/mol. The predicted octanol–water partition coefficient (Wildman–Crippen LogP) is -0.454. The molecule has 0 spiro atoms. The fourth-order valence-electron chi connectivity index (χ4n) is 0. The summed E-state index contributed by atoms with van der Waals surface area (Å²) in [5.74, 6) is 0. The molecule has 0 aromatic heterocycles. The number of rotatable bonds is 0. The van der Waals surface area contributed by atoms with Gasteiger partial charge in [-0.2, -0.15) is 0 Å². The van der Waals surface area contributed by atoms with Crippen molar-refractivity contribution in [3.63, 3.8) is 0 Å². The average Bonchev–Trinajstić information content (AvgIpc) is 1.81. The Morgan fingerprint density at radius 2 is 1.00 bits per heavy atom. The van der Waals surface area contributed by atoms with Crippen LogP contribution in [0.15, 0.2) is 0 Å². The summed E-state index contributed by atoms with van der Waals surface area (Å²) in [6.07, 6.45) is 0. The maximum absolute atomic E-state index is 8.25. The van der Waals surface area contributed by atoms with Crippen LogP contribution in [0.25, 0.3) is 0 Å². The van der Waals surface area contributed by atoms with Crippen molar-refractivity contribution >= 4 is 0 Å². The van der Waals surface area contributed by atoms with E-state index in [0.29, 0.717) is 0 Å². The van der Waals surface area contributed by atoms with Gasteiger partial charge in [-0.1, -0.05) is 0 Å². The molecule has 0 heterocycles. The van der Waals surface area contributed by atoms with Gasteiger partial charge in [0.1, 0.15) is 0 Å². The normalized spacial score (nSPS) is 2.57.